The van der Waals surface area contributed by atoms with Gasteiger partial charge in [0.05, 0.1) is 5.75 Å². The number of halogens is 1. The van der Waals surface area contributed by atoms with Crippen LogP contribution >= 0.6 is 12.4 Å². The highest BCUT2D eigenvalue weighted by atomic mass is 35.5. The maximum absolute atomic E-state index is 12.0. The second kappa shape index (κ2) is 7.25. The van der Waals surface area contributed by atoms with Crippen LogP contribution in [0.2, 0.25) is 0 Å². The molecule has 2 rings (SSSR count). The lowest BCUT2D eigenvalue weighted by atomic mass is 9.83. The Labute approximate surface area is 123 Å². The van der Waals surface area contributed by atoms with E-state index >= 15 is 0 Å². The summed E-state index contributed by atoms with van der Waals surface area (Å²) in [4.78, 5) is 0. The van der Waals surface area contributed by atoms with Crippen molar-refractivity contribution in [1.29, 1.82) is 0 Å². The molecule has 0 unspecified atom stereocenters. The summed E-state index contributed by atoms with van der Waals surface area (Å²) in [6.45, 7) is 0.419. The van der Waals surface area contributed by atoms with Crippen molar-refractivity contribution in [2.45, 2.75) is 63.3 Å². The standard InChI is InChI=1S/C13H26N2O2S.ClH/c14-13(8-4-1-5-9-13)11-15-18(16,17)10-12-6-2-3-7-12;/h12,15H,1-11,14H2;1H. The average Bonchev–Trinajstić information content (AvgIpc) is 2.80. The minimum absolute atomic E-state index is 0. The SMILES string of the molecule is Cl.NC1(CNS(=O)(=O)CC2CCCC2)CCCCC1. The van der Waals surface area contributed by atoms with Crippen molar-refractivity contribution in [3.8, 4) is 0 Å². The largest absolute Gasteiger partial charge is 0.324 e. The van der Waals surface area contributed by atoms with Crippen LogP contribution in [0.25, 0.3) is 0 Å². The first-order chi connectivity index (χ1) is 8.49. The van der Waals surface area contributed by atoms with E-state index in [2.05, 4.69) is 4.72 Å². The fourth-order valence-corrected chi connectivity index (χ4v) is 4.81. The molecule has 0 atom stereocenters. The highest BCUT2D eigenvalue weighted by Gasteiger charge is 2.30. The molecule has 0 amide bonds. The monoisotopic (exact) mass is 310 g/mol. The maximum Gasteiger partial charge on any atom is 0.211 e. The van der Waals surface area contributed by atoms with Crippen molar-refractivity contribution in [1.82, 2.24) is 4.72 Å². The van der Waals surface area contributed by atoms with Gasteiger partial charge in [0.1, 0.15) is 0 Å². The van der Waals surface area contributed by atoms with Gasteiger partial charge in [0.25, 0.3) is 0 Å². The van der Waals surface area contributed by atoms with Gasteiger partial charge in [0, 0.05) is 12.1 Å². The van der Waals surface area contributed by atoms with E-state index in [4.69, 9.17) is 5.73 Å². The molecule has 3 N–H and O–H groups in total. The highest BCUT2D eigenvalue weighted by Crippen LogP contribution is 2.27. The van der Waals surface area contributed by atoms with Crippen LogP contribution in [-0.2, 0) is 10.0 Å². The summed E-state index contributed by atoms with van der Waals surface area (Å²) in [6, 6.07) is 0. The van der Waals surface area contributed by atoms with Crippen LogP contribution in [0.4, 0.5) is 0 Å². The molecule has 2 aliphatic carbocycles. The van der Waals surface area contributed by atoms with Gasteiger partial charge in [-0.2, -0.15) is 0 Å². The fraction of sp³-hybridized carbons (Fsp3) is 1.00. The molecule has 0 aromatic rings. The van der Waals surface area contributed by atoms with E-state index in [1.165, 1.54) is 19.3 Å². The first kappa shape index (κ1) is 17.2. The van der Waals surface area contributed by atoms with Crippen molar-refractivity contribution < 1.29 is 8.42 Å². The lowest BCUT2D eigenvalue weighted by molar-refractivity contribution is 0.296. The summed E-state index contributed by atoms with van der Waals surface area (Å²) >= 11 is 0. The summed E-state index contributed by atoms with van der Waals surface area (Å²) in [6.07, 6.45) is 9.86. The van der Waals surface area contributed by atoms with Crippen LogP contribution in [-0.4, -0.2) is 26.3 Å². The lowest BCUT2D eigenvalue weighted by Gasteiger charge is -2.33. The minimum Gasteiger partial charge on any atom is -0.324 e. The van der Waals surface area contributed by atoms with Crippen molar-refractivity contribution in [3.05, 3.63) is 0 Å². The first-order valence-corrected chi connectivity index (χ1v) is 8.91. The van der Waals surface area contributed by atoms with E-state index in [-0.39, 0.29) is 17.9 Å². The first-order valence-electron chi connectivity index (χ1n) is 7.25. The van der Waals surface area contributed by atoms with Crippen LogP contribution in [0.5, 0.6) is 0 Å². The minimum atomic E-state index is -3.13. The smallest absolute Gasteiger partial charge is 0.211 e. The molecule has 2 fully saturated rings. The number of nitrogens with two attached hydrogens (primary N) is 1. The summed E-state index contributed by atoms with van der Waals surface area (Å²) in [5, 5.41) is 0. The molecule has 0 aliphatic heterocycles. The topological polar surface area (TPSA) is 72.2 Å². The molecule has 0 saturated heterocycles. The van der Waals surface area contributed by atoms with E-state index in [1.54, 1.807) is 0 Å². The molecular formula is C13H27ClN2O2S. The van der Waals surface area contributed by atoms with Crippen molar-refractivity contribution >= 4 is 22.4 Å². The van der Waals surface area contributed by atoms with Gasteiger partial charge in [-0.15, -0.1) is 12.4 Å². The van der Waals surface area contributed by atoms with E-state index in [0.29, 0.717) is 18.2 Å². The van der Waals surface area contributed by atoms with Gasteiger partial charge in [-0.1, -0.05) is 32.1 Å². The molecule has 0 bridgehead atoms. The van der Waals surface area contributed by atoms with Crippen molar-refractivity contribution in [2.24, 2.45) is 11.7 Å². The predicted molar refractivity (Wildman–Crippen MR) is 81.0 cm³/mol. The van der Waals surface area contributed by atoms with Crippen LogP contribution < -0.4 is 10.5 Å². The maximum atomic E-state index is 12.0. The Bertz CT molecular complexity index is 361. The van der Waals surface area contributed by atoms with Crippen LogP contribution in [0.15, 0.2) is 0 Å². The summed E-state index contributed by atoms with van der Waals surface area (Å²) in [7, 11) is -3.13. The molecule has 4 nitrogen and oxygen atoms in total. The zero-order chi connectivity index (χ0) is 13.1. The number of hydrogen-bond acceptors (Lipinski definition) is 3. The normalized spacial score (nSPS) is 24.1. The van der Waals surface area contributed by atoms with Gasteiger partial charge in [0.2, 0.25) is 10.0 Å². The number of sulfonamides is 1. The van der Waals surface area contributed by atoms with Gasteiger partial charge in [0.15, 0.2) is 0 Å². The Kier molecular flexibility index (Phi) is 6.57. The van der Waals surface area contributed by atoms with Gasteiger partial charge < -0.3 is 5.73 Å². The van der Waals surface area contributed by atoms with Crippen molar-refractivity contribution in [3.63, 3.8) is 0 Å². The Morgan fingerprint density at radius 1 is 1.05 bits per heavy atom. The fourth-order valence-electron chi connectivity index (χ4n) is 3.23. The van der Waals surface area contributed by atoms with Crippen LogP contribution in [0.3, 0.4) is 0 Å². The van der Waals surface area contributed by atoms with Gasteiger partial charge >= 0.3 is 0 Å². The quantitative estimate of drug-likeness (QED) is 0.817. The second-order valence-corrected chi connectivity index (χ2v) is 8.03. The van der Waals surface area contributed by atoms with Crippen LogP contribution in [0.1, 0.15) is 57.8 Å². The number of hydrogen-bond donors (Lipinski definition) is 2. The number of rotatable bonds is 5. The lowest BCUT2D eigenvalue weighted by Crippen LogP contribution is -2.51. The molecule has 6 heteroatoms. The predicted octanol–water partition coefficient (Wildman–Crippen LogP) is 2.18. The van der Waals surface area contributed by atoms with E-state index < -0.39 is 10.0 Å². The third-order valence-corrected chi connectivity index (χ3v) is 5.92. The molecule has 19 heavy (non-hydrogen) atoms. The van der Waals surface area contributed by atoms with E-state index in [9.17, 15) is 8.42 Å². The molecule has 2 saturated carbocycles. The number of nitrogens with one attached hydrogen (secondary N) is 1. The summed E-state index contributed by atoms with van der Waals surface area (Å²) in [5.41, 5.74) is 5.94. The van der Waals surface area contributed by atoms with Gasteiger partial charge in [-0.25, -0.2) is 13.1 Å². The average molecular weight is 311 g/mol. The molecule has 114 valence electrons. The zero-order valence-corrected chi connectivity index (χ0v) is 13.2. The van der Waals surface area contributed by atoms with E-state index in [0.717, 1.165) is 38.5 Å². The summed E-state index contributed by atoms with van der Waals surface area (Å²) in [5.74, 6) is 0.658. The second-order valence-electron chi connectivity index (χ2n) is 6.18. The molecule has 0 radical (unpaired) electrons. The molecule has 0 aromatic carbocycles. The Morgan fingerprint density at radius 2 is 1.63 bits per heavy atom. The zero-order valence-electron chi connectivity index (χ0n) is 11.6. The molecule has 0 aromatic heterocycles. The Hall–Kier alpha value is 0.160. The Balaban J connectivity index is 0.00000180. The third-order valence-electron chi connectivity index (χ3n) is 4.42. The summed E-state index contributed by atoms with van der Waals surface area (Å²) < 4.78 is 26.8. The van der Waals surface area contributed by atoms with Crippen LogP contribution in [0, 0.1) is 5.92 Å². The molecule has 0 heterocycles. The van der Waals surface area contributed by atoms with Crippen molar-refractivity contribution in [2.75, 3.05) is 12.3 Å². The Morgan fingerprint density at radius 3 is 2.21 bits per heavy atom. The highest BCUT2D eigenvalue weighted by molar-refractivity contribution is 7.89. The molecule has 0 spiro atoms. The van der Waals surface area contributed by atoms with Gasteiger partial charge in [-0.3, -0.25) is 0 Å². The molecule has 2 aliphatic rings. The van der Waals surface area contributed by atoms with E-state index in [1.807, 2.05) is 0 Å². The molecular weight excluding hydrogens is 284 g/mol. The van der Waals surface area contributed by atoms with Gasteiger partial charge in [-0.05, 0) is 31.6 Å². The third kappa shape index (κ3) is 5.58.